The molecule has 0 saturated heterocycles. The quantitative estimate of drug-likeness (QED) is 0.132. The largest absolute Gasteiger partial charge is 1.00 e. The van der Waals surface area contributed by atoms with Gasteiger partial charge in [-0.25, -0.2) is 0 Å². The van der Waals surface area contributed by atoms with E-state index in [1.54, 1.807) is 0 Å². The molecule has 1 unspecified atom stereocenters. The summed E-state index contributed by atoms with van der Waals surface area (Å²) in [6.45, 7) is 8.12. The third-order valence-corrected chi connectivity index (χ3v) is 2.88. The molecule has 0 aromatic carbocycles. The Morgan fingerprint density at radius 1 is 0.920 bits per heavy atom. The topological polar surface area (TPSA) is 128 Å². The zero-order valence-corrected chi connectivity index (χ0v) is 20.9. The number of aliphatic hydroxyl groups is 1. The maximum Gasteiger partial charge on any atom is 1.00 e. The van der Waals surface area contributed by atoms with Gasteiger partial charge in [-0.3, -0.25) is 8.42 Å². The maximum atomic E-state index is 8.52. The first-order chi connectivity index (χ1) is 10.8. The molecule has 0 rings (SSSR count). The van der Waals surface area contributed by atoms with Crippen molar-refractivity contribution < 1.29 is 96.0 Å². The number of rotatable bonds is 14. The predicted octanol–water partition coefficient (Wildman–Crippen LogP) is -5.09. The summed E-state index contributed by atoms with van der Waals surface area (Å²) in [5.74, 6) is 0.692. The van der Waals surface area contributed by atoms with E-state index in [-0.39, 0.29) is 65.7 Å². The van der Waals surface area contributed by atoms with E-state index in [0.717, 1.165) is 6.61 Å². The summed E-state index contributed by atoms with van der Waals surface area (Å²) in [6.07, 6.45) is 5.01. The molecule has 0 aliphatic heterocycles. The van der Waals surface area contributed by atoms with Gasteiger partial charge in [0, 0.05) is 17.0 Å². The third kappa shape index (κ3) is 41.3. The van der Waals surface area contributed by atoms with Gasteiger partial charge in [0.25, 0.3) is 0 Å². The minimum Gasteiger partial charge on any atom is -0.759 e. The molecule has 0 saturated carbocycles. The van der Waals surface area contributed by atoms with Gasteiger partial charge in [0.2, 0.25) is 0 Å². The SMILES string of the molecule is CCCCC(CC)COCCOCCOCCO.O=S(=O)([O-])[O-].[Na+].[Na+]. The Labute approximate surface area is 196 Å². The van der Waals surface area contributed by atoms with Crippen molar-refractivity contribution in [3.63, 3.8) is 0 Å². The summed E-state index contributed by atoms with van der Waals surface area (Å²) >= 11 is 0. The fourth-order valence-corrected chi connectivity index (χ4v) is 1.65. The predicted molar refractivity (Wildman–Crippen MR) is 83.3 cm³/mol. The number of unbranched alkanes of at least 4 members (excludes halogenated alkanes) is 1. The van der Waals surface area contributed by atoms with Crippen molar-refractivity contribution in [2.45, 2.75) is 39.5 Å². The van der Waals surface area contributed by atoms with Crippen molar-refractivity contribution in [3.8, 4) is 0 Å². The van der Waals surface area contributed by atoms with Crippen molar-refractivity contribution in [3.05, 3.63) is 0 Å². The molecule has 0 aromatic heterocycles. The molecule has 0 aliphatic rings. The standard InChI is InChI=1S/C14H30O4.2Na.H2O4S/c1-3-5-6-14(4-2)13-18-12-11-17-10-9-16-8-7-15;;;1-5(2,3)4/h14-15H,3-13H2,1-2H3;;;(H2,1,2,3,4)/q;2*+1;/p-2. The summed E-state index contributed by atoms with van der Waals surface area (Å²) in [5, 5.41) is 8.49. The molecule has 142 valence electrons. The molecule has 11 heteroatoms. The van der Waals surface area contributed by atoms with Crippen LogP contribution >= 0.6 is 0 Å². The van der Waals surface area contributed by atoms with Crippen molar-refractivity contribution in [1.82, 2.24) is 0 Å². The minimum atomic E-state index is -5.17. The van der Waals surface area contributed by atoms with Gasteiger partial charge in [0.1, 0.15) is 0 Å². The molecule has 1 N–H and O–H groups in total. The Hall–Kier alpha value is 1.71. The summed E-state index contributed by atoms with van der Waals surface area (Å²) in [4.78, 5) is 0. The Kier molecular flexibility index (Phi) is 35.2. The Bertz CT molecular complexity index is 323. The van der Waals surface area contributed by atoms with Gasteiger partial charge in [0.05, 0.1) is 39.6 Å². The third-order valence-electron chi connectivity index (χ3n) is 2.88. The zero-order valence-electron chi connectivity index (χ0n) is 16.1. The van der Waals surface area contributed by atoms with Crippen molar-refractivity contribution in [2.24, 2.45) is 5.92 Å². The summed E-state index contributed by atoms with van der Waals surface area (Å²) in [5.41, 5.74) is 0. The molecule has 0 bridgehead atoms. The smallest absolute Gasteiger partial charge is 0.759 e. The molecular formula is C14H30Na2O8S. The average Bonchev–Trinajstić information content (AvgIpc) is 2.47. The summed E-state index contributed by atoms with van der Waals surface area (Å²) in [7, 11) is -5.17. The van der Waals surface area contributed by atoms with E-state index in [9.17, 15) is 0 Å². The number of ether oxygens (including phenoxy) is 3. The van der Waals surface area contributed by atoms with Crippen LogP contribution in [0.25, 0.3) is 0 Å². The summed E-state index contributed by atoms with van der Waals surface area (Å²) < 4.78 is 50.1. The van der Waals surface area contributed by atoms with Crippen molar-refractivity contribution >= 4 is 10.4 Å². The normalized spacial score (nSPS) is 11.6. The second-order valence-electron chi connectivity index (χ2n) is 4.85. The van der Waals surface area contributed by atoms with E-state index >= 15 is 0 Å². The molecule has 0 fully saturated rings. The Morgan fingerprint density at radius 2 is 1.36 bits per heavy atom. The molecule has 1 atom stereocenters. The van der Waals surface area contributed by atoms with Gasteiger partial charge in [-0.2, -0.15) is 0 Å². The molecule has 0 amide bonds. The van der Waals surface area contributed by atoms with Crippen LogP contribution in [0.1, 0.15) is 39.5 Å². The Morgan fingerprint density at radius 3 is 1.76 bits per heavy atom. The van der Waals surface area contributed by atoms with E-state index < -0.39 is 10.4 Å². The van der Waals surface area contributed by atoms with Crippen LogP contribution in [0.2, 0.25) is 0 Å². The molecule has 0 spiro atoms. The summed E-state index contributed by atoms with van der Waals surface area (Å²) in [6, 6.07) is 0. The van der Waals surface area contributed by atoms with Crippen LogP contribution in [0.4, 0.5) is 0 Å². The minimum absolute atomic E-state index is 0. The van der Waals surface area contributed by atoms with Crippen LogP contribution in [0.15, 0.2) is 0 Å². The van der Waals surface area contributed by atoms with E-state index in [1.165, 1.54) is 25.7 Å². The molecular weight excluding hydrogens is 374 g/mol. The molecule has 25 heavy (non-hydrogen) atoms. The number of hydrogen-bond acceptors (Lipinski definition) is 8. The number of aliphatic hydroxyl groups excluding tert-OH is 1. The van der Waals surface area contributed by atoms with E-state index in [2.05, 4.69) is 13.8 Å². The van der Waals surface area contributed by atoms with E-state index in [0.29, 0.717) is 39.0 Å². The molecule has 0 aliphatic carbocycles. The van der Waals surface area contributed by atoms with Crippen LogP contribution in [0.3, 0.4) is 0 Å². The van der Waals surface area contributed by atoms with Gasteiger partial charge >= 0.3 is 59.1 Å². The molecule has 0 aromatic rings. The van der Waals surface area contributed by atoms with E-state index in [4.69, 9.17) is 36.8 Å². The van der Waals surface area contributed by atoms with E-state index in [1.807, 2.05) is 0 Å². The van der Waals surface area contributed by atoms with Crippen LogP contribution in [0.5, 0.6) is 0 Å². The fourth-order valence-electron chi connectivity index (χ4n) is 1.65. The first-order valence-electron chi connectivity index (χ1n) is 7.85. The van der Waals surface area contributed by atoms with Crippen LogP contribution in [-0.4, -0.2) is 68.9 Å². The van der Waals surface area contributed by atoms with Gasteiger partial charge in [-0.1, -0.05) is 33.1 Å². The zero-order chi connectivity index (χ0) is 18.0. The average molecular weight is 404 g/mol. The van der Waals surface area contributed by atoms with Gasteiger partial charge in [-0.15, -0.1) is 0 Å². The molecule has 0 heterocycles. The van der Waals surface area contributed by atoms with Crippen LogP contribution in [0, 0.1) is 5.92 Å². The van der Waals surface area contributed by atoms with Gasteiger partial charge in [-0.05, 0) is 12.3 Å². The second-order valence-corrected chi connectivity index (χ2v) is 5.66. The number of hydrogen-bond donors (Lipinski definition) is 1. The monoisotopic (exact) mass is 404 g/mol. The second kappa shape index (κ2) is 25.7. The molecule has 0 radical (unpaired) electrons. The van der Waals surface area contributed by atoms with Gasteiger partial charge < -0.3 is 28.4 Å². The maximum absolute atomic E-state index is 8.52. The first-order valence-corrected chi connectivity index (χ1v) is 9.19. The van der Waals surface area contributed by atoms with Crippen LogP contribution in [-0.2, 0) is 24.6 Å². The van der Waals surface area contributed by atoms with Crippen LogP contribution < -0.4 is 59.1 Å². The fraction of sp³-hybridized carbons (Fsp3) is 1.00. The molecule has 8 nitrogen and oxygen atoms in total. The Balaban J connectivity index is -0.000000276. The first kappa shape index (κ1) is 34.2. The van der Waals surface area contributed by atoms with Crippen molar-refractivity contribution in [1.29, 1.82) is 0 Å². The van der Waals surface area contributed by atoms with Crippen molar-refractivity contribution in [2.75, 3.05) is 46.2 Å². The van der Waals surface area contributed by atoms with Gasteiger partial charge in [0.15, 0.2) is 0 Å².